The van der Waals surface area contributed by atoms with Gasteiger partial charge in [0.05, 0.1) is 0 Å². The van der Waals surface area contributed by atoms with Crippen LogP contribution >= 0.6 is 0 Å². The third-order valence-corrected chi connectivity index (χ3v) is 8.55. The van der Waals surface area contributed by atoms with Crippen molar-refractivity contribution < 1.29 is 28.7 Å². The van der Waals surface area contributed by atoms with E-state index in [0.717, 1.165) is 38.5 Å². The standard InChI is InChI=1S/C38H70O6/c1-3-5-7-9-11-13-15-17-19-21-23-25-27-29-31-33-35(39)43-37(41)38(42)44-36(40)34-32-30-28-26-24-22-20-18-16-14-12-10-8-6-4-2/h3-34H2,1-2H3. The van der Waals surface area contributed by atoms with Crippen molar-refractivity contribution in [1.29, 1.82) is 0 Å². The summed E-state index contributed by atoms with van der Waals surface area (Å²) in [4.78, 5) is 47.3. The van der Waals surface area contributed by atoms with Gasteiger partial charge in [-0.3, -0.25) is 9.59 Å². The van der Waals surface area contributed by atoms with E-state index < -0.39 is 23.9 Å². The average Bonchev–Trinajstić information content (AvgIpc) is 3.00. The Kier molecular flexibility index (Phi) is 32.8. The molecule has 0 N–H and O–H groups in total. The minimum Gasteiger partial charge on any atom is -0.384 e. The van der Waals surface area contributed by atoms with Crippen LogP contribution in [-0.4, -0.2) is 23.9 Å². The summed E-state index contributed by atoms with van der Waals surface area (Å²) in [6, 6.07) is 0. The number of ether oxygens (including phenoxy) is 2. The fourth-order valence-corrected chi connectivity index (χ4v) is 5.67. The van der Waals surface area contributed by atoms with Crippen LogP contribution in [0.2, 0.25) is 0 Å². The molecule has 0 heterocycles. The molecule has 0 rings (SSSR count). The van der Waals surface area contributed by atoms with E-state index in [-0.39, 0.29) is 12.8 Å². The Hall–Kier alpha value is -1.72. The molecule has 0 aromatic heterocycles. The van der Waals surface area contributed by atoms with Gasteiger partial charge < -0.3 is 9.47 Å². The zero-order valence-corrected chi connectivity index (χ0v) is 29.1. The van der Waals surface area contributed by atoms with Crippen molar-refractivity contribution in [3.05, 3.63) is 0 Å². The SMILES string of the molecule is CCCCCCCCCCCCCCCCCC(=O)OC(=O)C(=O)OC(=O)CCCCCCCCCCCCCCCCC. The molecule has 0 fully saturated rings. The summed E-state index contributed by atoms with van der Waals surface area (Å²) >= 11 is 0. The van der Waals surface area contributed by atoms with E-state index in [0.29, 0.717) is 12.8 Å². The van der Waals surface area contributed by atoms with Crippen LogP contribution < -0.4 is 0 Å². The fourth-order valence-electron chi connectivity index (χ4n) is 5.67. The first-order chi connectivity index (χ1) is 21.5. The van der Waals surface area contributed by atoms with Crippen molar-refractivity contribution >= 4 is 23.9 Å². The van der Waals surface area contributed by atoms with E-state index in [4.69, 9.17) is 0 Å². The highest BCUT2D eigenvalue weighted by Gasteiger charge is 2.23. The molecule has 0 aliphatic carbocycles. The Morgan fingerprint density at radius 3 is 0.682 bits per heavy atom. The molecule has 0 saturated heterocycles. The molecule has 0 unspecified atom stereocenters. The third kappa shape index (κ3) is 31.7. The maximum Gasteiger partial charge on any atom is 0.425 e. The summed E-state index contributed by atoms with van der Waals surface area (Å²) in [7, 11) is 0. The number of hydrogen-bond acceptors (Lipinski definition) is 6. The average molecular weight is 623 g/mol. The minimum absolute atomic E-state index is 0.0876. The molecule has 0 radical (unpaired) electrons. The predicted octanol–water partition coefficient (Wildman–Crippen LogP) is 11.6. The number of unbranched alkanes of at least 4 members (excludes halogenated alkanes) is 28. The van der Waals surface area contributed by atoms with E-state index in [1.165, 1.54) is 141 Å². The molecule has 0 aromatic rings. The van der Waals surface area contributed by atoms with Crippen molar-refractivity contribution in [2.24, 2.45) is 0 Å². The Bertz CT molecular complexity index is 631. The van der Waals surface area contributed by atoms with Crippen LogP contribution in [0.15, 0.2) is 0 Å². The summed E-state index contributed by atoms with van der Waals surface area (Å²) in [5.74, 6) is -4.28. The van der Waals surface area contributed by atoms with Crippen LogP contribution in [0, 0.1) is 0 Å². The van der Waals surface area contributed by atoms with Gasteiger partial charge in [0, 0.05) is 12.8 Å². The van der Waals surface area contributed by atoms with E-state index in [9.17, 15) is 19.2 Å². The fraction of sp³-hybridized carbons (Fsp3) is 0.895. The second-order valence-electron chi connectivity index (χ2n) is 12.9. The highest BCUT2D eigenvalue weighted by atomic mass is 16.6. The molecule has 0 amide bonds. The van der Waals surface area contributed by atoms with Gasteiger partial charge in [0.15, 0.2) is 0 Å². The Morgan fingerprint density at radius 1 is 0.295 bits per heavy atom. The molecular formula is C38H70O6. The number of esters is 4. The zero-order valence-electron chi connectivity index (χ0n) is 29.1. The van der Waals surface area contributed by atoms with Gasteiger partial charge in [-0.25, -0.2) is 9.59 Å². The van der Waals surface area contributed by atoms with Crippen molar-refractivity contribution in [3.8, 4) is 0 Å². The highest BCUT2D eigenvalue weighted by Crippen LogP contribution is 2.15. The number of carbonyl (C=O) groups is 4. The van der Waals surface area contributed by atoms with Crippen LogP contribution in [0.5, 0.6) is 0 Å². The lowest BCUT2D eigenvalue weighted by molar-refractivity contribution is -0.177. The molecule has 6 heteroatoms. The van der Waals surface area contributed by atoms with E-state index in [1.807, 2.05) is 0 Å². The topological polar surface area (TPSA) is 86.7 Å². The van der Waals surface area contributed by atoms with Gasteiger partial charge in [0.25, 0.3) is 0 Å². The molecule has 0 aliphatic rings. The summed E-state index contributed by atoms with van der Waals surface area (Å²) in [6.07, 6.45) is 37.0. The molecule has 0 bridgehead atoms. The Balaban J connectivity index is 3.52. The monoisotopic (exact) mass is 623 g/mol. The van der Waals surface area contributed by atoms with Crippen LogP contribution in [0.25, 0.3) is 0 Å². The molecule has 6 nitrogen and oxygen atoms in total. The van der Waals surface area contributed by atoms with Gasteiger partial charge in [-0.15, -0.1) is 0 Å². The van der Waals surface area contributed by atoms with Crippen molar-refractivity contribution in [2.45, 2.75) is 219 Å². The first kappa shape index (κ1) is 42.3. The van der Waals surface area contributed by atoms with E-state index in [1.54, 1.807) is 0 Å². The maximum atomic E-state index is 11.9. The summed E-state index contributed by atoms with van der Waals surface area (Å²) in [5, 5.41) is 0. The third-order valence-electron chi connectivity index (χ3n) is 8.55. The largest absolute Gasteiger partial charge is 0.425 e. The van der Waals surface area contributed by atoms with Gasteiger partial charge >= 0.3 is 23.9 Å². The molecule has 0 spiro atoms. The Morgan fingerprint density at radius 2 is 0.477 bits per heavy atom. The highest BCUT2D eigenvalue weighted by molar-refractivity contribution is 6.33. The lowest BCUT2D eigenvalue weighted by Crippen LogP contribution is -2.25. The van der Waals surface area contributed by atoms with Gasteiger partial charge in [-0.1, -0.05) is 194 Å². The van der Waals surface area contributed by atoms with Crippen LogP contribution in [0.1, 0.15) is 219 Å². The first-order valence-electron chi connectivity index (χ1n) is 19.0. The molecule has 0 atom stereocenters. The van der Waals surface area contributed by atoms with Crippen LogP contribution in [0.3, 0.4) is 0 Å². The first-order valence-corrected chi connectivity index (χ1v) is 19.0. The lowest BCUT2D eigenvalue weighted by Gasteiger charge is -2.05. The number of hydrogen-bond donors (Lipinski definition) is 0. The molecule has 0 aliphatic heterocycles. The quantitative estimate of drug-likeness (QED) is 0.0321. The van der Waals surface area contributed by atoms with Gasteiger partial charge in [-0.2, -0.15) is 0 Å². The second-order valence-corrected chi connectivity index (χ2v) is 12.9. The maximum absolute atomic E-state index is 11.9. The summed E-state index contributed by atoms with van der Waals surface area (Å²) < 4.78 is 9.12. The number of rotatable bonds is 32. The molecule has 0 saturated carbocycles. The minimum atomic E-state index is -1.40. The smallest absolute Gasteiger partial charge is 0.384 e. The van der Waals surface area contributed by atoms with Crippen LogP contribution in [-0.2, 0) is 28.7 Å². The predicted molar refractivity (Wildman–Crippen MR) is 181 cm³/mol. The summed E-state index contributed by atoms with van der Waals surface area (Å²) in [6.45, 7) is 4.51. The van der Waals surface area contributed by atoms with E-state index in [2.05, 4.69) is 23.3 Å². The van der Waals surface area contributed by atoms with Crippen molar-refractivity contribution in [1.82, 2.24) is 0 Å². The Labute approximate surface area is 271 Å². The lowest BCUT2D eigenvalue weighted by atomic mass is 10.0. The van der Waals surface area contributed by atoms with Gasteiger partial charge in [-0.05, 0) is 12.8 Å². The van der Waals surface area contributed by atoms with Crippen molar-refractivity contribution in [2.75, 3.05) is 0 Å². The zero-order chi connectivity index (χ0) is 32.4. The van der Waals surface area contributed by atoms with Crippen LogP contribution in [0.4, 0.5) is 0 Å². The number of carbonyl (C=O) groups excluding carboxylic acids is 4. The second kappa shape index (κ2) is 34.2. The molecule has 258 valence electrons. The van der Waals surface area contributed by atoms with Crippen molar-refractivity contribution in [3.63, 3.8) is 0 Å². The normalized spacial score (nSPS) is 11.0. The van der Waals surface area contributed by atoms with Gasteiger partial charge in [0.1, 0.15) is 0 Å². The molecular weight excluding hydrogens is 552 g/mol. The summed E-state index contributed by atoms with van der Waals surface area (Å²) in [5.41, 5.74) is 0. The molecule has 44 heavy (non-hydrogen) atoms. The van der Waals surface area contributed by atoms with E-state index >= 15 is 0 Å². The molecule has 0 aromatic carbocycles. The van der Waals surface area contributed by atoms with Gasteiger partial charge in [0.2, 0.25) is 0 Å².